The Morgan fingerprint density at radius 2 is 1.68 bits per heavy atom. The monoisotopic (exact) mass is 311 g/mol. The summed E-state index contributed by atoms with van der Waals surface area (Å²) in [5.41, 5.74) is 0. The molecule has 2 atom stereocenters. The van der Waals surface area contributed by atoms with Crippen LogP contribution in [-0.4, -0.2) is 49.4 Å². The van der Waals surface area contributed by atoms with Crippen LogP contribution in [0, 0.1) is 11.8 Å². The lowest BCUT2D eigenvalue weighted by molar-refractivity contribution is -0.131. The van der Waals surface area contributed by atoms with E-state index in [1.54, 1.807) is 7.05 Å². The standard InChI is InChI=1S/C17H33N3O2/c1-12(2)16(21)19-15(17(22)18-4)13(3)20(5)11-14-9-7-6-8-10-14/h12-15H,6-11H2,1-5H3,(H,18,22)(H,19,21). The lowest BCUT2D eigenvalue weighted by Crippen LogP contribution is -2.57. The first-order valence-corrected chi connectivity index (χ1v) is 8.59. The molecule has 0 aromatic heterocycles. The van der Waals surface area contributed by atoms with Crippen LogP contribution in [0.5, 0.6) is 0 Å². The molecule has 0 aromatic rings. The number of hydrogen-bond donors (Lipinski definition) is 2. The molecular weight excluding hydrogens is 278 g/mol. The summed E-state index contributed by atoms with van der Waals surface area (Å²) < 4.78 is 0. The van der Waals surface area contributed by atoms with E-state index in [0.717, 1.165) is 6.54 Å². The van der Waals surface area contributed by atoms with Gasteiger partial charge in [-0.25, -0.2) is 0 Å². The van der Waals surface area contributed by atoms with Crippen LogP contribution in [0.3, 0.4) is 0 Å². The Kier molecular flexibility index (Phi) is 7.87. The van der Waals surface area contributed by atoms with Gasteiger partial charge in [0.15, 0.2) is 0 Å². The molecule has 0 spiro atoms. The summed E-state index contributed by atoms with van der Waals surface area (Å²) in [6.45, 7) is 6.69. The fraction of sp³-hybridized carbons (Fsp3) is 0.882. The van der Waals surface area contributed by atoms with Gasteiger partial charge in [0.05, 0.1) is 0 Å². The summed E-state index contributed by atoms with van der Waals surface area (Å²) in [4.78, 5) is 26.4. The van der Waals surface area contributed by atoms with Crippen molar-refractivity contribution in [2.75, 3.05) is 20.6 Å². The molecule has 0 bridgehead atoms. The van der Waals surface area contributed by atoms with Crippen molar-refractivity contribution >= 4 is 11.8 Å². The second-order valence-electron chi connectivity index (χ2n) is 6.94. The minimum absolute atomic E-state index is 0.0235. The van der Waals surface area contributed by atoms with Gasteiger partial charge in [0.2, 0.25) is 11.8 Å². The minimum Gasteiger partial charge on any atom is -0.357 e. The van der Waals surface area contributed by atoms with E-state index < -0.39 is 6.04 Å². The SMILES string of the molecule is CNC(=O)C(NC(=O)C(C)C)C(C)N(C)CC1CCCCC1. The van der Waals surface area contributed by atoms with Gasteiger partial charge in [-0.05, 0) is 32.7 Å². The van der Waals surface area contributed by atoms with Gasteiger partial charge in [-0.3, -0.25) is 9.59 Å². The number of carbonyl (C=O) groups is 2. The first-order chi connectivity index (χ1) is 10.4. The van der Waals surface area contributed by atoms with E-state index >= 15 is 0 Å². The van der Waals surface area contributed by atoms with Crippen molar-refractivity contribution in [3.05, 3.63) is 0 Å². The van der Waals surface area contributed by atoms with Crippen LogP contribution in [0.2, 0.25) is 0 Å². The molecule has 0 saturated heterocycles. The predicted octanol–water partition coefficient (Wildman–Crippen LogP) is 1.77. The lowest BCUT2D eigenvalue weighted by atomic mass is 9.88. The molecule has 2 unspecified atom stereocenters. The van der Waals surface area contributed by atoms with Gasteiger partial charge in [-0.1, -0.05) is 33.1 Å². The van der Waals surface area contributed by atoms with E-state index in [1.807, 2.05) is 20.8 Å². The Bertz CT molecular complexity index is 365. The van der Waals surface area contributed by atoms with E-state index in [9.17, 15) is 9.59 Å². The molecule has 22 heavy (non-hydrogen) atoms. The number of nitrogens with zero attached hydrogens (tertiary/aromatic N) is 1. The van der Waals surface area contributed by atoms with Crippen molar-refractivity contribution in [3.8, 4) is 0 Å². The van der Waals surface area contributed by atoms with Crippen molar-refractivity contribution in [2.24, 2.45) is 11.8 Å². The Balaban J connectivity index is 2.66. The highest BCUT2D eigenvalue weighted by Crippen LogP contribution is 2.24. The van der Waals surface area contributed by atoms with Gasteiger partial charge >= 0.3 is 0 Å². The van der Waals surface area contributed by atoms with Crippen LogP contribution in [0.1, 0.15) is 52.9 Å². The molecule has 1 fully saturated rings. The summed E-state index contributed by atoms with van der Waals surface area (Å²) in [6, 6.07) is -0.530. The second-order valence-corrected chi connectivity index (χ2v) is 6.94. The molecular formula is C17H33N3O2. The van der Waals surface area contributed by atoms with Crippen LogP contribution < -0.4 is 10.6 Å². The molecule has 0 aromatic carbocycles. The van der Waals surface area contributed by atoms with E-state index in [1.165, 1.54) is 32.1 Å². The quantitative estimate of drug-likeness (QED) is 0.753. The molecule has 128 valence electrons. The Labute approximate surface area is 135 Å². The fourth-order valence-electron chi connectivity index (χ4n) is 3.08. The summed E-state index contributed by atoms with van der Waals surface area (Å²) in [5, 5.41) is 5.56. The second kappa shape index (κ2) is 9.13. The maximum atomic E-state index is 12.2. The number of amides is 2. The summed E-state index contributed by atoms with van der Waals surface area (Å²) in [6.07, 6.45) is 6.53. The molecule has 1 saturated carbocycles. The first kappa shape index (κ1) is 18.9. The van der Waals surface area contributed by atoms with Gasteiger partial charge in [0.25, 0.3) is 0 Å². The highest BCUT2D eigenvalue weighted by atomic mass is 16.2. The van der Waals surface area contributed by atoms with Crippen molar-refractivity contribution in [1.82, 2.24) is 15.5 Å². The van der Waals surface area contributed by atoms with Gasteiger partial charge in [0, 0.05) is 25.6 Å². The smallest absolute Gasteiger partial charge is 0.243 e. The van der Waals surface area contributed by atoms with Crippen LogP contribution in [-0.2, 0) is 9.59 Å². The highest BCUT2D eigenvalue weighted by Gasteiger charge is 2.30. The maximum Gasteiger partial charge on any atom is 0.243 e. The van der Waals surface area contributed by atoms with Gasteiger partial charge in [-0.15, -0.1) is 0 Å². The van der Waals surface area contributed by atoms with Gasteiger partial charge in [0.1, 0.15) is 6.04 Å². The summed E-state index contributed by atoms with van der Waals surface area (Å²) in [5.74, 6) is 0.388. The number of nitrogens with one attached hydrogen (secondary N) is 2. The molecule has 1 rings (SSSR count). The Morgan fingerprint density at radius 3 is 2.18 bits per heavy atom. The van der Waals surface area contributed by atoms with E-state index in [2.05, 4.69) is 22.6 Å². The highest BCUT2D eigenvalue weighted by molar-refractivity contribution is 5.88. The van der Waals surface area contributed by atoms with E-state index in [4.69, 9.17) is 0 Å². The topological polar surface area (TPSA) is 61.4 Å². The molecule has 1 aliphatic rings. The molecule has 1 aliphatic carbocycles. The molecule has 5 nitrogen and oxygen atoms in total. The van der Waals surface area contributed by atoms with Crippen molar-refractivity contribution < 1.29 is 9.59 Å². The van der Waals surface area contributed by atoms with Crippen molar-refractivity contribution in [2.45, 2.75) is 65.0 Å². The summed E-state index contributed by atoms with van der Waals surface area (Å²) in [7, 11) is 3.67. The average Bonchev–Trinajstić information content (AvgIpc) is 2.51. The lowest BCUT2D eigenvalue weighted by Gasteiger charge is -2.35. The minimum atomic E-state index is -0.506. The molecule has 2 N–H and O–H groups in total. The molecule has 2 amide bonds. The number of likely N-dealkylation sites (N-methyl/N-ethyl adjacent to an activating group) is 2. The number of rotatable bonds is 7. The van der Waals surface area contributed by atoms with E-state index in [-0.39, 0.29) is 23.8 Å². The molecule has 0 heterocycles. The third-order valence-electron chi connectivity index (χ3n) is 4.80. The predicted molar refractivity (Wildman–Crippen MR) is 89.5 cm³/mol. The largest absolute Gasteiger partial charge is 0.357 e. The average molecular weight is 311 g/mol. The zero-order valence-electron chi connectivity index (χ0n) is 14.8. The first-order valence-electron chi connectivity index (χ1n) is 8.59. The molecule has 5 heteroatoms. The van der Waals surface area contributed by atoms with Gasteiger partial charge < -0.3 is 15.5 Å². The van der Waals surface area contributed by atoms with Crippen LogP contribution in [0.25, 0.3) is 0 Å². The number of hydrogen-bond acceptors (Lipinski definition) is 3. The maximum absolute atomic E-state index is 12.2. The zero-order chi connectivity index (χ0) is 16.7. The Morgan fingerprint density at radius 1 is 1.09 bits per heavy atom. The van der Waals surface area contributed by atoms with Crippen LogP contribution >= 0.6 is 0 Å². The molecule has 0 aliphatic heterocycles. The van der Waals surface area contributed by atoms with Crippen LogP contribution in [0.4, 0.5) is 0 Å². The van der Waals surface area contributed by atoms with Crippen LogP contribution in [0.15, 0.2) is 0 Å². The van der Waals surface area contributed by atoms with Gasteiger partial charge in [-0.2, -0.15) is 0 Å². The Hall–Kier alpha value is -1.10. The number of carbonyl (C=O) groups excluding carboxylic acids is 2. The fourth-order valence-corrected chi connectivity index (χ4v) is 3.08. The van der Waals surface area contributed by atoms with Crippen molar-refractivity contribution in [1.29, 1.82) is 0 Å². The summed E-state index contributed by atoms with van der Waals surface area (Å²) >= 11 is 0. The third kappa shape index (κ3) is 5.59. The third-order valence-corrected chi connectivity index (χ3v) is 4.80. The molecule has 0 radical (unpaired) electrons. The van der Waals surface area contributed by atoms with E-state index in [0.29, 0.717) is 5.92 Å². The zero-order valence-corrected chi connectivity index (χ0v) is 14.8. The normalized spacial score (nSPS) is 19.0. The van der Waals surface area contributed by atoms with Crippen molar-refractivity contribution in [3.63, 3.8) is 0 Å².